The molecule has 4 nitrogen and oxygen atoms in total. The highest BCUT2D eigenvalue weighted by molar-refractivity contribution is 7.73. The number of rotatable bonds is 6. The lowest BCUT2D eigenvalue weighted by atomic mass is 10.2. The molecule has 1 amide bonds. The van der Waals surface area contributed by atoms with Gasteiger partial charge >= 0.3 is 0 Å². The summed E-state index contributed by atoms with van der Waals surface area (Å²) in [5.74, 6) is 0.263. The van der Waals surface area contributed by atoms with Crippen molar-refractivity contribution in [3.05, 3.63) is 39.2 Å². The van der Waals surface area contributed by atoms with Crippen molar-refractivity contribution in [1.82, 2.24) is 9.88 Å². The molecule has 0 spiro atoms. The fourth-order valence-electron chi connectivity index (χ4n) is 2.03. The Morgan fingerprint density at radius 3 is 2.71 bits per heavy atom. The first-order valence-corrected chi connectivity index (χ1v) is 8.22. The number of carbonyl (C=O) groups excluding carboxylic acids is 1. The van der Waals surface area contributed by atoms with Crippen LogP contribution in [0.25, 0.3) is 5.69 Å². The number of nitrogen functional groups attached to an aromatic ring is 1. The molecule has 0 unspecified atom stereocenters. The van der Waals surface area contributed by atoms with Crippen LogP contribution in [0, 0.1) is 3.95 Å². The van der Waals surface area contributed by atoms with Crippen molar-refractivity contribution >= 4 is 35.3 Å². The topological polar surface area (TPSA) is 60.0 Å². The van der Waals surface area contributed by atoms with Crippen LogP contribution in [-0.4, -0.2) is 17.0 Å². The molecule has 2 rings (SSSR count). The standard InChI is InChI=1S/C15H19N3OS2/c1-2-3-7-10-17-14(19)12-13(16)18(15(20)21-12)11-8-5-4-6-9-11/h4-6,8-9H,2-3,7,10,16H2,1H3,(H,17,19). The molecule has 0 radical (unpaired) electrons. The number of benzene rings is 1. The summed E-state index contributed by atoms with van der Waals surface area (Å²) in [5, 5.41) is 2.90. The average molecular weight is 321 g/mol. The number of nitrogens with one attached hydrogen (secondary N) is 1. The van der Waals surface area contributed by atoms with Crippen LogP contribution in [0.5, 0.6) is 0 Å². The Labute approximate surface area is 133 Å². The maximum atomic E-state index is 12.2. The number of nitrogens with two attached hydrogens (primary N) is 1. The van der Waals surface area contributed by atoms with Gasteiger partial charge in [0.15, 0.2) is 3.95 Å². The van der Waals surface area contributed by atoms with Gasteiger partial charge in [-0.05, 0) is 30.8 Å². The Morgan fingerprint density at radius 1 is 1.33 bits per heavy atom. The van der Waals surface area contributed by atoms with Gasteiger partial charge in [-0.25, -0.2) is 0 Å². The number of hydrogen-bond donors (Lipinski definition) is 2. The second-order valence-corrected chi connectivity index (χ2v) is 6.36. The largest absolute Gasteiger partial charge is 0.383 e. The highest BCUT2D eigenvalue weighted by Gasteiger charge is 2.17. The lowest BCUT2D eigenvalue weighted by Gasteiger charge is -2.06. The highest BCUT2D eigenvalue weighted by atomic mass is 32.1. The first kappa shape index (κ1) is 15.7. The average Bonchev–Trinajstić information content (AvgIpc) is 2.79. The van der Waals surface area contributed by atoms with E-state index in [1.165, 1.54) is 11.3 Å². The van der Waals surface area contributed by atoms with Gasteiger partial charge in [-0.15, -0.1) is 0 Å². The first-order chi connectivity index (χ1) is 10.1. The zero-order valence-electron chi connectivity index (χ0n) is 12.0. The molecule has 0 aliphatic heterocycles. The second-order valence-electron chi connectivity index (χ2n) is 4.72. The number of thiazole rings is 1. The molecule has 6 heteroatoms. The fourth-order valence-corrected chi connectivity index (χ4v) is 3.31. The van der Waals surface area contributed by atoms with Gasteiger partial charge in [-0.3, -0.25) is 9.36 Å². The quantitative estimate of drug-likeness (QED) is 0.629. The molecule has 1 aromatic carbocycles. The minimum Gasteiger partial charge on any atom is -0.383 e. The van der Waals surface area contributed by atoms with E-state index in [4.69, 9.17) is 18.0 Å². The zero-order valence-corrected chi connectivity index (χ0v) is 13.6. The van der Waals surface area contributed by atoms with Crippen molar-refractivity contribution in [2.75, 3.05) is 12.3 Å². The van der Waals surface area contributed by atoms with E-state index in [1.54, 1.807) is 4.57 Å². The molecule has 3 N–H and O–H groups in total. The predicted octanol–water partition coefficient (Wildman–Crippen LogP) is 3.77. The maximum Gasteiger partial charge on any atom is 0.265 e. The van der Waals surface area contributed by atoms with Crippen LogP contribution in [0.1, 0.15) is 35.9 Å². The van der Waals surface area contributed by atoms with Crippen LogP contribution in [-0.2, 0) is 0 Å². The Morgan fingerprint density at radius 2 is 2.05 bits per heavy atom. The molecule has 0 saturated heterocycles. The van der Waals surface area contributed by atoms with Gasteiger partial charge < -0.3 is 11.1 Å². The summed E-state index contributed by atoms with van der Waals surface area (Å²) in [5.41, 5.74) is 6.99. The first-order valence-electron chi connectivity index (χ1n) is 7.00. The molecule has 0 bridgehead atoms. The molecule has 21 heavy (non-hydrogen) atoms. The zero-order chi connectivity index (χ0) is 15.2. The molecule has 0 saturated carbocycles. The summed E-state index contributed by atoms with van der Waals surface area (Å²) in [7, 11) is 0. The van der Waals surface area contributed by atoms with Gasteiger partial charge in [0.25, 0.3) is 5.91 Å². The SMILES string of the molecule is CCCCCNC(=O)c1sc(=S)n(-c2ccccc2)c1N. The van der Waals surface area contributed by atoms with Crippen LogP contribution in [0.15, 0.2) is 30.3 Å². The molecule has 0 aliphatic rings. The second kappa shape index (κ2) is 7.38. The van der Waals surface area contributed by atoms with Crippen molar-refractivity contribution < 1.29 is 4.79 Å². The smallest absolute Gasteiger partial charge is 0.265 e. The predicted molar refractivity (Wildman–Crippen MR) is 90.8 cm³/mol. The van der Waals surface area contributed by atoms with Crippen LogP contribution in [0.3, 0.4) is 0 Å². The van der Waals surface area contributed by atoms with E-state index in [9.17, 15) is 4.79 Å². The molecular formula is C15H19N3OS2. The van der Waals surface area contributed by atoms with Crippen LogP contribution >= 0.6 is 23.6 Å². The Bertz CT molecular complexity index is 661. The molecular weight excluding hydrogens is 302 g/mol. The maximum absolute atomic E-state index is 12.2. The summed E-state index contributed by atoms with van der Waals surface area (Å²) < 4.78 is 2.32. The van der Waals surface area contributed by atoms with Gasteiger partial charge in [0.1, 0.15) is 10.7 Å². The molecule has 0 aliphatic carbocycles. The number of unbranched alkanes of at least 4 members (excludes halogenated alkanes) is 2. The molecule has 0 fully saturated rings. The molecule has 1 heterocycles. The lowest BCUT2D eigenvalue weighted by Crippen LogP contribution is -2.24. The van der Waals surface area contributed by atoms with Gasteiger partial charge in [0.2, 0.25) is 0 Å². The third-order valence-electron chi connectivity index (χ3n) is 3.13. The van der Waals surface area contributed by atoms with Crippen LogP contribution in [0.4, 0.5) is 5.82 Å². The summed E-state index contributed by atoms with van der Waals surface area (Å²) in [6.45, 7) is 2.80. The number of nitrogens with zero attached hydrogens (tertiary/aromatic N) is 1. The third kappa shape index (κ3) is 3.71. The van der Waals surface area contributed by atoms with E-state index in [0.29, 0.717) is 21.2 Å². The van der Waals surface area contributed by atoms with Crippen molar-refractivity contribution in [2.24, 2.45) is 0 Å². The fraction of sp³-hybridized carbons (Fsp3) is 0.333. The number of aromatic nitrogens is 1. The minimum atomic E-state index is -0.144. The molecule has 112 valence electrons. The number of carbonyl (C=O) groups is 1. The van der Waals surface area contributed by atoms with E-state index in [-0.39, 0.29) is 5.91 Å². The van der Waals surface area contributed by atoms with Crippen LogP contribution in [0.2, 0.25) is 0 Å². The number of amides is 1. The number of para-hydroxylation sites is 1. The van der Waals surface area contributed by atoms with Gasteiger partial charge in [-0.2, -0.15) is 0 Å². The van der Waals surface area contributed by atoms with Gasteiger partial charge in [-0.1, -0.05) is 49.3 Å². The Balaban J connectivity index is 2.20. The highest BCUT2D eigenvalue weighted by Crippen LogP contribution is 2.25. The van der Waals surface area contributed by atoms with Gasteiger partial charge in [0.05, 0.1) is 0 Å². The van der Waals surface area contributed by atoms with Crippen molar-refractivity contribution in [1.29, 1.82) is 0 Å². The van der Waals surface area contributed by atoms with E-state index in [0.717, 1.165) is 24.9 Å². The summed E-state index contributed by atoms with van der Waals surface area (Å²) in [6, 6.07) is 9.60. The summed E-state index contributed by atoms with van der Waals surface area (Å²) in [6.07, 6.45) is 3.21. The minimum absolute atomic E-state index is 0.144. The number of anilines is 1. The number of hydrogen-bond acceptors (Lipinski definition) is 4. The molecule has 2 aromatic rings. The summed E-state index contributed by atoms with van der Waals surface area (Å²) >= 11 is 6.59. The molecule has 1 aromatic heterocycles. The molecule has 0 atom stereocenters. The summed E-state index contributed by atoms with van der Waals surface area (Å²) in [4.78, 5) is 12.7. The Hall–Kier alpha value is -1.66. The monoisotopic (exact) mass is 321 g/mol. The van der Waals surface area contributed by atoms with E-state index in [2.05, 4.69) is 12.2 Å². The normalized spacial score (nSPS) is 10.5. The Kier molecular flexibility index (Phi) is 5.52. The van der Waals surface area contributed by atoms with Crippen molar-refractivity contribution in [2.45, 2.75) is 26.2 Å². The van der Waals surface area contributed by atoms with Crippen LogP contribution < -0.4 is 11.1 Å². The van der Waals surface area contributed by atoms with E-state index >= 15 is 0 Å². The van der Waals surface area contributed by atoms with Crippen molar-refractivity contribution in [3.8, 4) is 5.69 Å². The third-order valence-corrected chi connectivity index (χ3v) is 4.52. The van der Waals surface area contributed by atoms with Gasteiger partial charge in [0, 0.05) is 12.2 Å². The van der Waals surface area contributed by atoms with Crippen molar-refractivity contribution in [3.63, 3.8) is 0 Å². The van der Waals surface area contributed by atoms with E-state index in [1.807, 2.05) is 30.3 Å². The lowest BCUT2D eigenvalue weighted by molar-refractivity contribution is 0.0957. The van der Waals surface area contributed by atoms with E-state index < -0.39 is 0 Å².